The van der Waals surface area contributed by atoms with E-state index < -0.39 is 0 Å². The topological polar surface area (TPSA) is 68.9 Å². The molecule has 2 aromatic rings. The minimum Gasteiger partial charge on any atom is -0.493 e. The molecule has 0 aliphatic carbocycles. The average Bonchev–Trinajstić information content (AvgIpc) is 2.65. The number of benzene rings is 2. The van der Waals surface area contributed by atoms with E-state index in [1.807, 2.05) is 31.2 Å². The number of hydrogen-bond acceptors (Lipinski definition) is 3. The van der Waals surface area contributed by atoms with Gasteiger partial charge >= 0.3 is 0 Å². The van der Waals surface area contributed by atoms with Crippen molar-refractivity contribution in [2.75, 3.05) is 25.6 Å². The van der Waals surface area contributed by atoms with Gasteiger partial charge in [-0.05, 0) is 42.7 Å². The Labute approximate surface area is 156 Å². The van der Waals surface area contributed by atoms with Crippen LogP contribution in [0.3, 0.4) is 0 Å². The molecule has 0 amide bonds. The summed E-state index contributed by atoms with van der Waals surface area (Å²) in [6.07, 6.45) is 1.87. The minimum atomic E-state index is 0.389. The van der Waals surface area contributed by atoms with E-state index >= 15 is 0 Å². The Morgan fingerprint density at radius 2 is 1.88 bits per heavy atom. The fourth-order valence-electron chi connectivity index (χ4n) is 2.49. The van der Waals surface area contributed by atoms with Crippen molar-refractivity contribution in [3.8, 4) is 5.75 Å². The van der Waals surface area contributed by atoms with Crippen LogP contribution >= 0.6 is 0 Å². The van der Waals surface area contributed by atoms with Crippen LogP contribution in [0.5, 0.6) is 5.75 Å². The van der Waals surface area contributed by atoms with Crippen molar-refractivity contribution in [1.82, 2.24) is 0 Å². The normalized spacial score (nSPS) is 11.4. The number of nitrogens with one attached hydrogen (secondary N) is 1. The molecule has 2 rings (SSSR count). The number of anilines is 1. The Balaban J connectivity index is 1.98. The summed E-state index contributed by atoms with van der Waals surface area (Å²) in [6.45, 7) is 5.95. The maximum absolute atomic E-state index is 6.03. The molecule has 0 fully saturated rings. The van der Waals surface area contributed by atoms with Gasteiger partial charge in [-0.3, -0.25) is 0 Å². The molecule has 2 aromatic carbocycles. The lowest BCUT2D eigenvalue weighted by atomic mass is 10.1. The van der Waals surface area contributed by atoms with Crippen LogP contribution in [0.2, 0.25) is 0 Å². The number of aliphatic imine (C=N–C) groups is 1. The molecule has 0 aliphatic heterocycles. The van der Waals surface area contributed by atoms with Crippen LogP contribution in [0, 0.1) is 6.92 Å². The standard InChI is InChI=1S/C21H29N3O2/c1-4-17-7-10-19(11-8-17)24-21(22)23-15-18-9-6-16(2)14-20(18)26-13-5-12-25-3/h6-11,14H,4-5,12-13,15H2,1-3H3,(H3,22,23,24). The van der Waals surface area contributed by atoms with Gasteiger partial charge in [0.1, 0.15) is 5.75 Å². The molecular weight excluding hydrogens is 326 g/mol. The number of hydrogen-bond donors (Lipinski definition) is 2. The monoisotopic (exact) mass is 355 g/mol. The number of guanidine groups is 1. The number of rotatable bonds is 9. The maximum Gasteiger partial charge on any atom is 0.193 e. The van der Waals surface area contributed by atoms with Crippen LogP contribution in [0.4, 0.5) is 5.69 Å². The number of ether oxygens (including phenoxy) is 2. The van der Waals surface area contributed by atoms with Gasteiger partial charge in [0.15, 0.2) is 5.96 Å². The fourth-order valence-corrected chi connectivity index (χ4v) is 2.49. The summed E-state index contributed by atoms with van der Waals surface area (Å²) in [4.78, 5) is 4.45. The highest BCUT2D eigenvalue weighted by molar-refractivity contribution is 5.92. The van der Waals surface area contributed by atoms with Crippen LogP contribution in [0.25, 0.3) is 0 Å². The predicted octanol–water partition coefficient (Wildman–Crippen LogP) is 3.90. The number of nitrogens with two attached hydrogens (primary N) is 1. The highest BCUT2D eigenvalue weighted by Crippen LogP contribution is 2.21. The lowest BCUT2D eigenvalue weighted by Crippen LogP contribution is -2.22. The maximum atomic E-state index is 6.03. The van der Waals surface area contributed by atoms with Gasteiger partial charge < -0.3 is 20.5 Å². The van der Waals surface area contributed by atoms with E-state index in [4.69, 9.17) is 15.2 Å². The molecule has 0 bridgehead atoms. The second-order valence-corrected chi connectivity index (χ2v) is 6.18. The first-order valence-corrected chi connectivity index (χ1v) is 8.99. The van der Waals surface area contributed by atoms with Crippen molar-refractivity contribution in [2.24, 2.45) is 10.7 Å². The fraction of sp³-hybridized carbons (Fsp3) is 0.381. The first-order chi connectivity index (χ1) is 12.6. The summed E-state index contributed by atoms with van der Waals surface area (Å²) in [5.41, 5.74) is 10.4. The highest BCUT2D eigenvalue weighted by Gasteiger charge is 2.05. The molecule has 3 N–H and O–H groups in total. The van der Waals surface area contributed by atoms with E-state index in [1.165, 1.54) is 5.56 Å². The molecule has 0 aromatic heterocycles. The van der Waals surface area contributed by atoms with E-state index in [2.05, 4.69) is 35.4 Å². The van der Waals surface area contributed by atoms with Crippen molar-refractivity contribution in [1.29, 1.82) is 0 Å². The predicted molar refractivity (Wildman–Crippen MR) is 108 cm³/mol. The van der Waals surface area contributed by atoms with Crippen molar-refractivity contribution < 1.29 is 9.47 Å². The zero-order chi connectivity index (χ0) is 18.8. The Kier molecular flexibility index (Phi) is 7.96. The molecule has 5 nitrogen and oxygen atoms in total. The third kappa shape index (κ3) is 6.41. The summed E-state index contributed by atoms with van der Waals surface area (Å²) < 4.78 is 10.9. The lowest BCUT2D eigenvalue weighted by molar-refractivity contribution is 0.172. The third-order valence-electron chi connectivity index (χ3n) is 4.03. The second-order valence-electron chi connectivity index (χ2n) is 6.18. The van der Waals surface area contributed by atoms with Crippen LogP contribution in [0.15, 0.2) is 47.5 Å². The SMILES string of the molecule is CCc1ccc(NC(N)=NCc2ccc(C)cc2OCCCOC)cc1. The zero-order valence-electron chi connectivity index (χ0n) is 15.9. The van der Waals surface area contributed by atoms with Gasteiger partial charge in [0.05, 0.1) is 13.2 Å². The summed E-state index contributed by atoms with van der Waals surface area (Å²) in [7, 11) is 1.69. The Hall–Kier alpha value is -2.53. The van der Waals surface area contributed by atoms with E-state index in [0.29, 0.717) is 25.7 Å². The van der Waals surface area contributed by atoms with E-state index in [0.717, 1.165) is 35.4 Å². The van der Waals surface area contributed by atoms with E-state index in [9.17, 15) is 0 Å². The molecule has 0 atom stereocenters. The molecule has 0 spiro atoms. The molecule has 0 saturated carbocycles. The van der Waals surface area contributed by atoms with E-state index in [1.54, 1.807) is 7.11 Å². The third-order valence-corrected chi connectivity index (χ3v) is 4.03. The Morgan fingerprint density at radius 1 is 1.12 bits per heavy atom. The molecule has 140 valence electrons. The van der Waals surface area contributed by atoms with Crippen molar-refractivity contribution in [3.05, 3.63) is 59.2 Å². The molecular formula is C21H29N3O2. The Bertz CT molecular complexity index is 712. The van der Waals surface area contributed by atoms with Crippen LogP contribution in [-0.2, 0) is 17.7 Å². The smallest absolute Gasteiger partial charge is 0.193 e. The van der Waals surface area contributed by atoms with Crippen molar-refractivity contribution in [3.63, 3.8) is 0 Å². The molecule has 0 heterocycles. The summed E-state index contributed by atoms with van der Waals surface area (Å²) >= 11 is 0. The Morgan fingerprint density at radius 3 is 2.58 bits per heavy atom. The summed E-state index contributed by atoms with van der Waals surface area (Å²) in [6, 6.07) is 14.3. The van der Waals surface area contributed by atoms with Crippen molar-refractivity contribution >= 4 is 11.6 Å². The first kappa shape index (κ1) is 19.8. The zero-order valence-corrected chi connectivity index (χ0v) is 15.9. The molecule has 26 heavy (non-hydrogen) atoms. The van der Waals surface area contributed by atoms with Gasteiger partial charge in [-0.2, -0.15) is 0 Å². The van der Waals surface area contributed by atoms with Gasteiger partial charge in [-0.25, -0.2) is 4.99 Å². The van der Waals surface area contributed by atoms with Gasteiger partial charge in [0.25, 0.3) is 0 Å². The molecule has 0 unspecified atom stereocenters. The molecule has 0 radical (unpaired) electrons. The number of nitrogens with zero attached hydrogens (tertiary/aromatic N) is 1. The quantitative estimate of drug-likeness (QED) is 0.407. The van der Waals surface area contributed by atoms with Gasteiger partial charge in [-0.15, -0.1) is 0 Å². The van der Waals surface area contributed by atoms with Gasteiger partial charge in [-0.1, -0.05) is 31.2 Å². The highest BCUT2D eigenvalue weighted by atomic mass is 16.5. The van der Waals surface area contributed by atoms with Crippen LogP contribution < -0.4 is 15.8 Å². The van der Waals surface area contributed by atoms with Crippen LogP contribution in [0.1, 0.15) is 30.0 Å². The summed E-state index contributed by atoms with van der Waals surface area (Å²) in [5.74, 6) is 1.24. The molecule has 5 heteroatoms. The van der Waals surface area contributed by atoms with Crippen molar-refractivity contribution in [2.45, 2.75) is 33.2 Å². The summed E-state index contributed by atoms with van der Waals surface area (Å²) in [5, 5.41) is 3.12. The first-order valence-electron chi connectivity index (χ1n) is 8.99. The largest absolute Gasteiger partial charge is 0.493 e. The number of aryl methyl sites for hydroxylation is 2. The minimum absolute atomic E-state index is 0.389. The average molecular weight is 355 g/mol. The molecule has 0 aliphatic rings. The lowest BCUT2D eigenvalue weighted by Gasteiger charge is -2.12. The van der Waals surface area contributed by atoms with Gasteiger partial charge in [0.2, 0.25) is 0 Å². The van der Waals surface area contributed by atoms with Crippen LogP contribution in [-0.4, -0.2) is 26.3 Å². The number of methoxy groups -OCH3 is 1. The molecule has 0 saturated heterocycles. The van der Waals surface area contributed by atoms with E-state index in [-0.39, 0.29) is 0 Å². The second kappa shape index (κ2) is 10.5. The van der Waals surface area contributed by atoms with Gasteiger partial charge in [0, 0.05) is 31.4 Å².